The van der Waals surface area contributed by atoms with Crippen molar-refractivity contribution in [3.8, 4) is 0 Å². The molecule has 3 aromatic carbocycles. The lowest BCUT2D eigenvalue weighted by molar-refractivity contribution is -0.118. The van der Waals surface area contributed by atoms with Crippen molar-refractivity contribution in [1.29, 1.82) is 0 Å². The molecule has 0 saturated heterocycles. The fourth-order valence-corrected chi connectivity index (χ4v) is 5.42. The van der Waals surface area contributed by atoms with Crippen molar-refractivity contribution in [2.75, 3.05) is 18.0 Å². The van der Waals surface area contributed by atoms with Gasteiger partial charge in [-0.25, -0.2) is 12.8 Å². The van der Waals surface area contributed by atoms with Crippen molar-refractivity contribution in [3.63, 3.8) is 0 Å². The van der Waals surface area contributed by atoms with E-state index in [1.807, 2.05) is 36.4 Å². The second-order valence-corrected chi connectivity index (χ2v) is 10.1. The van der Waals surface area contributed by atoms with E-state index < -0.39 is 15.8 Å². The van der Waals surface area contributed by atoms with Crippen LogP contribution in [-0.2, 0) is 27.8 Å². The molecule has 0 atom stereocenters. The molecule has 0 radical (unpaired) electrons. The van der Waals surface area contributed by atoms with Crippen LogP contribution in [0.2, 0.25) is 0 Å². The average Bonchev–Trinajstić information content (AvgIpc) is 3.17. The molecule has 0 spiro atoms. The van der Waals surface area contributed by atoms with Gasteiger partial charge in [-0.3, -0.25) is 4.79 Å². The van der Waals surface area contributed by atoms with Crippen LogP contribution in [0.25, 0.3) is 0 Å². The highest BCUT2D eigenvalue weighted by Crippen LogP contribution is 2.31. The van der Waals surface area contributed by atoms with E-state index in [0.717, 1.165) is 37.7 Å². The Labute approximate surface area is 189 Å². The molecule has 1 heterocycles. The van der Waals surface area contributed by atoms with Gasteiger partial charge in [-0.2, -0.15) is 4.31 Å². The van der Waals surface area contributed by atoms with Crippen LogP contribution in [-0.4, -0.2) is 31.7 Å². The van der Waals surface area contributed by atoms with Crippen LogP contribution in [0.15, 0.2) is 82.2 Å². The van der Waals surface area contributed by atoms with Crippen molar-refractivity contribution in [3.05, 3.63) is 94.2 Å². The number of benzene rings is 3. The van der Waals surface area contributed by atoms with Gasteiger partial charge >= 0.3 is 0 Å². The van der Waals surface area contributed by atoms with E-state index in [4.69, 9.17) is 0 Å². The van der Waals surface area contributed by atoms with Crippen molar-refractivity contribution in [2.24, 2.45) is 0 Å². The fourth-order valence-electron chi connectivity index (χ4n) is 3.63. The van der Waals surface area contributed by atoms with Crippen LogP contribution in [0.4, 0.5) is 10.1 Å². The molecule has 0 aromatic heterocycles. The Morgan fingerprint density at radius 1 is 1.03 bits per heavy atom. The summed E-state index contributed by atoms with van der Waals surface area (Å²) >= 11 is 3.44. The van der Waals surface area contributed by atoms with Gasteiger partial charge in [0.15, 0.2) is 0 Å². The minimum absolute atomic E-state index is 0.0350. The molecule has 8 heteroatoms. The van der Waals surface area contributed by atoms with E-state index in [2.05, 4.69) is 15.9 Å². The summed E-state index contributed by atoms with van der Waals surface area (Å²) in [7, 11) is -4.01. The lowest BCUT2D eigenvalue weighted by Gasteiger charge is -2.25. The Morgan fingerprint density at radius 2 is 1.74 bits per heavy atom. The predicted molar refractivity (Wildman–Crippen MR) is 121 cm³/mol. The Morgan fingerprint density at radius 3 is 2.45 bits per heavy atom. The summed E-state index contributed by atoms with van der Waals surface area (Å²) in [6.07, 6.45) is 0.712. The number of carbonyl (C=O) groups excluding carboxylic acids is 1. The monoisotopic (exact) mass is 502 g/mol. The highest BCUT2D eigenvalue weighted by atomic mass is 79.9. The largest absolute Gasteiger partial charge is 0.311 e. The molecule has 31 heavy (non-hydrogen) atoms. The number of halogens is 2. The second kappa shape index (κ2) is 8.90. The summed E-state index contributed by atoms with van der Waals surface area (Å²) in [5.41, 5.74) is 2.59. The van der Waals surface area contributed by atoms with Gasteiger partial charge in [0, 0.05) is 23.2 Å². The highest BCUT2D eigenvalue weighted by molar-refractivity contribution is 9.10. The first-order chi connectivity index (χ1) is 14.8. The highest BCUT2D eigenvalue weighted by Gasteiger charge is 2.31. The van der Waals surface area contributed by atoms with Crippen molar-refractivity contribution >= 4 is 37.5 Å². The number of amides is 1. The zero-order valence-electron chi connectivity index (χ0n) is 16.5. The molecule has 3 aromatic rings. The SMILES string of the molecule is O=C(CN(Cc1ccccc1)S(=O)(=O)c1ccc(F)cc1)N1CCc2cc(Br)ccc21. The molecule has 0 fully saturated rings. The Balaban J connectivity index is 1.64. The number of nitrogens with zero attached hydrogens (tertiary/aromatic N) is 2. The summed E-state index contributed by atoms with van der Waals surface area (Å²) < 4.78 is 42.0. The average molecular weight is 503 g/mol. The summed E-state index contributed by atoms with van der Waals surface area (Å²) in [5.74, 6) is -0.827. The number of anilines is 1. The van der Waals surface area contributed by atoms with Gasteiger partial charge in [0.1, 0.15) is 5.82 Å². The number of fused-ring (bicyclic) bond motifs is 1. The zero-order valence-corrected chi connectivity index (χ0v) is 18.9. The molecule has 0 unspecified atom stereocenters. The molecule has 1 amide bonds. The van der Waals surface area contributed by atoms with Gasteiger partial charge in [-0.15, -0.1) is 0 Å². The third-order valence-corrected chi connectivity index (χ3v) is 7.50. The molecule has 5 nitrogen and oxygen atoms in total. The first-order valence-corrected chi connectivity index (χ1v) is 12.0. The summed E-state index contributed by atoms with van der Waals surface area (Å²) in [4.78, 5) is 14.7. The molecule has 4 rings (SSSR count). The van der Waals surface area contributed by atoms with Gasteiger partial charge in [0.25, 0.3) is 0 Å². The van der Waals surface area contributed by atoms with Crippen LogP contribution < -0.4 is 4.90 Å². The van der Waals surface area contributed by atoms with E-state index in [0.29, 0.717) is 13.0 Å². The van der Waals surface area contributed by atoms with Gasteiger partial charge < -0.3 is 4.90 Å². The number of carbonyl (C=O) groups is 1. The van der Waals surface area contributed by atoms with E-state index in [1.165, 1.54) is 12.1 Å². The van der Waals surface area contributed by atoms with Gasteiger partial charge in [0.2, 0.25) is 15.9 Å². The van der Waals surface area contributed by atoms with Crippen LogP contribution in [0, 0.1) is 5.82 Å². The van der Waals surface area contributed by atoms with Gasteiger partial charge in [-0.1, -0.05) is 46.3 Å². The maximum Gasteiger partial charge on any atom is 0.243 e. The zero-order chi connectivity index (χ0) is 22.0. The molecule has 0 N–H and O–H groups in total. The normalized spacial score (nSPS) is 13.5. The minimum atomic E-state index is -4.01. The molecular weight excluding hydrogens is 483 g/mol. The van der Waals surface area contributed by atoms with E-state index in [9.17, 15) is 17.6 Å². The third-order valence-electron chi connectivity index (χ3n) is 5.20. The number of hydrogen-bond acceptors (Lipinski definition) is 3. The maximum atomic E-state index is 13.3. The van der Waals surface area contributed by atoms with Crippen LogP contribution in [0.3, 0.4) is 0 Å². The summed E-state index contributed by atoms with van der Waals surface area (Å²) in [6, 6.07) is 19.4. The summed E-state index contributed by atoms with van der Waals surface area (Å²) in [6.45, 7) is 0.220. The first kappa shape index (κ1) is 21.7. The van der Waals surface area contributed by atoms with Crippen molar-refractivity contribution in [2.45, 2.75) is 17.9 Å². The predicted octanol–water partition coefficient (Wildman–Crippen LogP) is 4.37. The molecular formula is C23H20BrFN2O3S. The van der Waals surface area contributed by atoms with Crippen LogP contribution >= 0.6 is 15.9 Å². The van der Waals surface area contributed by atoms with Crippen LogP contribution in [0.1, 0.15) is 11.1 Å². The molecule has 160 valence electrons. The first-order valence-electron chi connectivity index (χ1n) is 9.73. The fraction of sp³-hybridized carbons (Fsp3) is 0.174. The van der Waals surface area contributed by atoms with E-state index >= 15 is 0 Å². The van der Waals surface area contributed by atoms with Crippen molar-refractivity contribution < 1.29 is 17.6 Å². The summed E-state index contributed by atoms with van der Waals surface area (Å²) in [5, 5.41) is 0. The van der Waals surface area contributed by atoms with Gasteiger partial charge in [-0.05, 0) is 60.0 Å². The minimum Gasteiger partial charge on any atom is -0.311 e. The van der Waals surface area contributed by atoms with E-state index in [-0.39, 0.29) is 23.9 Å². The molecule has 0 aliphatic carbocycles. The standard InChI is InChI=1S/C23H20BrFN2O3S/c24-19-6-11-22-18(14-19)12-13-27(22)23(28)16-26(15-17-4-2-1-3-5-17)31(29,30)21-9-7-20(25)8-10-21/h1-11,14H,12-13,15-16H2. The smallest absolute Gasteiger partial charge is 0.243 e. The van der Waals surface area contributed by atoms with Gasteiger partial charge in [0.05, 0.1) is 11.4 Å². The maximum absolute atomic E-state index is 13.3. The number of sulfonamides is 1. The molecule has 1 aliphatic rings. The van der Waals surface area contributed by atoms with Crippen LogP contribution in [0.5, 0.6) is 0 Å². The Hall–Kier alpha value is -2.55. The quantitative estimate of drug-likeness (QED) is 0.502. The lowest BCUT2D eigenvalue weighted by Crippen LogP contribution is -2.42. The second-order valence-electron chi connectivity index (χ2n) is 7.28. The topological polar surface area (TPSA) is 57.7 Å². The molecule has 1 aliphatic heterocycles. The van der Waals surface area contributed by atoms with E-state index in [1.54, 1.807) is 17.0 Å². The number of rotatable bonds is 6. The number of hydrogen-bond donors (Lipinski definition) is 0. The lowest BCUT2D eigenvalue weighted by atomic mass is 10.2. The molecule has 0 bridgehead atoms. The third kappa shape index (κ3) is 4.71. The van der Waals surface area contributed by atoms with Crippen molar-refractivity contribution in [1.82, 2.24) is 4.31 Å². The Kier molecular flexibility index (Phi) is 6.22. The molecule has 0 saturated carbocycles. The Bertz CT molecular complexity index is 1200.